The second-order valence-corrected chi connectivity index (χ2v) is 10.2. The van der Waals surface area contributed by atoms with Crippen LogP contribution < -0.4 is 0 Å². The van der Waals surface area contributed by atoms with E-state index in [1.54, 1.807) is 28.7 Å². The molecule has 4 heteroatoms. The summed E-state index contributed by atoms with van der Waals surface area (Å²) in [6.45, 7) is 1.56. The minimum Gasteiger partial charge on any atom is -0.310 e. The first kappa shape index (κ1) is 8.81. The van der Waals surface area contributed by atoms with Gasteiger partial charge in [0.2, 0.25) is 0 Å². The van der Waals surface area contributed by atoms with Crippen LogP contribution in [0.2, 0.25) is 0 Å². The van der Waals surface area contributed by atoms with E-state index in [2.05, 4.69) is 5.92 Å². The molecule has 0 heterocycles. The molecule has 0 aliphatic carbocycles. The molecular formula is C4H5ClIOP. The van der Waals surface area contributed by atoms with Crippen molar-refractivity contribution in [3.05, 3.63) is 0 Å². The van der Waals surface area contributed by atoms with E-state index in [1.165, 1.54) is 0 Å². The van der Waals surface area contributed by atoms with E-state index < -0.39 is 9.90 Å². The summed E-state index contributed by atoms with van der Waals surface area (Å²) in [4.78, 5) is -2.26. The van der Waals surface area contributed by atoms with Crippen LogP contribution in [0, 0.1) is 12.3 Å². The van der Waals surface area contributed by atoms with Crippen molar-refractivity contribution in [1.29, 1.82) is 0 Å². The maximum absolute atomic E-state index is 10.9. The van der Waals surface area contributed by atoms with E-state index >= 15 is 0 Å². The lowest BCUT2D eigenvalue weighted by atomic mass is 10.8. The maximum Gasteiger partial charge on any atom is 0.168 e. The van der Waals surface area contributed by atoms with E-state index in [-0.39, 0.29) is 0 Å². The van der Waals surface area contributed by atoms with E-state index in [9.17, 15) is 4.57 Å². The SMILES string of the molecule is C#CC(Cl)P(C)(=O)I. The summed E-state index contributed by atoms with van der Waals surface area (Å²) < 4.78 is 10.9. The molecule has 46 valence electrons. The van der Waals surface area contributed by atoms with Crippen LogP contribution in [0.4, 0.5) is 0 Å². The van der Waals surface area contributed by atoms with E-state index in [0.717, 1.165) is 0 Å². The second kappa shape index (κ2) is 3.10. The quantitative estimate of drug-likeness (QED) is 0.307. The Kier molecular flexibility index (Phi) is 3.41. The van der Waals surface area contributed by atoms with Crippen LogP contribution in [0.15, 0.2) is 0 Å². The van der Waals surface area contributed by atoms with Crippen LogP contribution in [0.5, 0.6) is 0 Å². The summed E-state index contributed by atoms with van der Waals surface area (Å²) in [7, 11) is 0. The summed E-state index contributed by atoms with van der Waals surface area (Å²) in [6.07, 6.45) is 4.90. The highest BCUT2D eigenvalue weighted by Gasteiger charge is 2.18. The Morgan fingerprint density at radius 2 is 2.38 bits per heavy atom. The Balaban J connectivity index is 4.09. The number of alkyl halides is 1. The van der Waals surface area contributed by atoms with Crippen molar-refractivity contribution in [3.8, 4) is 12.3 Å². The Labute approximate surface area is 67.0 Å². The average molecular weight is 262 g/mol. The monoisotopic (exact) mass is 262 g/mol. The molecule has 0 N–H and O–H groups in total. The second-order valence-electron chi connectivity index (χ2n) is 1.38. The van der Waals surface area contributed by atoms with Gasteiger partial charge in [0.25, 0.3) is 0 Å². The van der Waals surface area contributed by atoms with Gasteiger partial charge in [-0.25, -0.2) is 0 Å². The Hall–Kier alpha value is 0.810. The lowest BCUT2D eigenvalue weighted by molar-refractivity contribution is 0.590. The molecule has 0 aromatic heterocycles. The van der Waals surface area contributed by atoms with Crippen LogP contribution in [-0.2, 0) is 4.57 Å². The Morgan fingerprint density at radius 3 is 2.38 bits per heavy atom. The smallest absolute Gasteiger partial charge is 0.168 e. The normalized spacial score (nSPS) is 20.8. The predicted octanol–water partition coefficient (Wildman–Crippen LogP) is 2.53. The van der Waals surface area contributed by atoms with Gasteiger partial charge in [0.05, 0.1) is 0 Å². The number of hydrogen-bond donors (Lipinski definition) is 0. The molecule has 0 radical (unpaired) electrons. The molecule has 0 spiro atoms. The predicted molar refractivity (Wildman–Crippen MR) is 46.0 cm³/mol. The van der Waals surface area contributed by atoms with Crippen molar-refractivity contribution < 1.29 is 4.57 Å². The maximum atomic E-state index is 10.9. The average Bonchev–Trinajstić information content (AvgIpc) is 1.62. The molecule has 0 saturated carbocycles. The summed E-state index contributed by atoms with van der Waals surface area (Å²) in [5, 5.41) is -0.608. The van der Waals surface area contributed by atoms with E-state index in [4.69, 9.17) is 18.0 Å². The van der Waals surface area contributed by atoms with Crippen molar-refractivity contribution in [2.24, 2.45) is 0 Å². The van der Waals surface area contributed by atoms with Gasteiger partial charge >= 0.3 is 0 Å². The molecular weight excluding hydrogens is 257 g/mol. The standard InChI is InChI=1S/C4H5ClIOP/c1-3-4(5)8(2,6)7/h1,4H,2H3. The minimum absolute atomic E-state index is 0.608. The molecule has 0 fully saturated rings. The van der Waals surface area contributed by atoms with Crippen LogP contribution in [0.3, 0.4) is 0 Å². The fourth-order valence-electron chi connectivity index (χ4n) is 0.133. The zero-order valence-corrected chi connectivity index (χ0v) is 8.07. The van der Waals surface area contributed by atoms with Gasteiger partial charge in [0, 0.05) is 6.66 Å². The van der Waals surface area contributed by atoms with Crippen molar-refractivity contribution in [1.82, 2.24) is 0 Å². The zero-order valence-electron chi connectivity index (χ0n) is 4.27. The first-order valence-electron chi connectivity index (χ1n) is 1.85. The van der Waals surface area contributed by atoms with E-state index in [0.29, 0.717) is 0 Å². The molecule has 0 aromatic carbocycles. The third kappa shape index (κ3) is 2.96. The molecule has 0 rings (SSSR count). The number of hydrogen-bond acceptors (Lipinski definition) is 1. The third-order valence-corrected chi connectivity index (χ3v) is 5.40. The van der Waals surface area contributed by atoms with Gasteiger partial charge in [-0.15, -0.1) is 6.42 Å². The number of terminal acetylenes is 1. The highest BCUT2D eigenvalue weighted by molar-refractivity contribution is 14.2. The van der Waals surface area contributed by atoms with Gasteiger partial charge < -0.3 is 4.57 Å². The lowest BCUT2D eigenvalue weighted by Crippen LogP contribution is -1.86. The van der Waals surface area contributed by atoms with Crippen molar-refractivity contribution >= 4 is 38.4 Å². The fraction of sp³-hybridized carbons (Fsp3) is 0.500. The largest absolute Gasteiger partial charge is 0.310 e. The lowest BCUT2D eigenvalue weighted by Gasteiger charge is -2.02. The van der Waals surface area contributed by atoms with Gasteiger partial charge in [0.1, 0.15) is 0 Å². The first-order chi connectivity index (χ1) is 3.48. The van der Waals surface area contributed by atoms with Crippen molar-refractivity contribution in [3.63, 3.8) is 0 Å². The fourth-order valence-corrected chi connectivity index (χ4v) is 0.882. The highest BCUT2D eigenvalue weighted by Crippen LogP contribution is 2.56. The number of rotatable bonds is 1. The van der Waals surface area contributed by atoms with E-state index in [1.807, 2.05) is 0 Å². The van der Waals surface area contributed by atoms with Crippen LogP contribution in [-0.4, -0.2) is 11.8 Å². The van der Waals surface area contributed by atoms with Crippen molar-refractivity contribution in [2.75, 3.05) is 6.66 Å². The van der Waals surface area contributed by atoms with Crippen LogP contribution >= 0.6 is 38.4 Å². The van der Waals surface area contributed by atoms with Crippen LogP contribution in [0.25, 0.3) is 0 Å². The zero-order chi connectivity index (χ0) is 6.78. The van der Waals surface area contributed by atoms with Crippen molar-refractivity contribution in [2.45, 2.75) is 5.12 Å². The molecule has 0 amide bonds. The van der Waals surface area contributed by atoms with Gasteiger partial charge in [-0.3, -0.25) is 0 Å². The highest BCUT2D eigenvalue weighted by atomic mass is 127. The summed E-state index contributed by atoms with van der Waals surface area (Å²) in [5.74, 6) is 2.20. The van der Waals surface area contributed by atoms with Gasteiger partial charge in [-0.05, 0) is 22.0 Å². The molecule has 2 atom stereocenters. The molecule has 0 saturated heterocycles. The molecule has 1 nitrogen and oxygen atoms in total. The summed E-state index contributed by atoms with van der Waals surface area (Å²) in [6, 6.07) is 0. The van der Waals surface area contributed by atoms with Crippen LogP contribution in [0.1, 0.15) is 0 Å². The Bertz CT molecular complexity index is 156. The van der Waals surface area contributed by atoms with Gasteiger partial charge in [-0.1, -0.05) is 17.5 Å². The minimum atomic E-state index is -2.26. The van der Waals surface area contributed by atoms with Gasteiger partial charge in [-0.2, -0.15) is 0 Å². The molecule has 0 aliphatic rings. The topological polar surface area (TPSA) is 17.1 Å². The third-order valence-electron chi connectivity index (χ3n) is 0.542. The molecule has 0 aromatic rings. The summed E-state index contributed by atoms with van der Waals surface area (Å²) >= 11 is 7.22. The molecule has 0 aliphatic heterocycles. The molecule has 2 unspecified atom stereocenters. The summed E-state index contributed by atoms with van der Waals surface area (Å²) in [5.41, 5.74) is 0. The van der Waals surface area contributed by atoms with Gasteiger partial charge in [0.15, 0.2) is 9.90 Å². The first-order valence-corrected chi connectivity index (χ1v) is 7.30. The Morgan fingerprint density at radius 1 is 2.00 bits per heavy atom. The number of halogens is 2. The molecule has 8 heavy (non-hydrogen) atoms. The molecule has 0 bridgehead atoms.